The number of oxazole rings is 1. The summed E-state index contributed by atoms with van der Waals surface area (Å²) in [5, 5.41) is 0. The molecule has 0 radical (unpaired) electrons. The Morgan fingerprint density at radius 2 is 2.25 bits per heavy atom. The molecule has 0 bridgehead atoms. The van der Waals surface area contributed by atoms with E-state index in [2.05, 4.69) is 25.8 Å². The summed E-state index contributed by atoms with van der Waals surface area (Å²) >= 11 is 0. The van der Waals surface area contributed by atoms with Crippen molar-refractivity contribution in [3.8, 4) is 0 Å². The molecule has 0 aliphatic carbocycles. The van der Waals surface area contributed by atoms with Crippen LogP contribution in [0.4, 0.5) is 0 Å². The SMILES string of the molecule is CCCC(C)(CC)c1cnco1. The van der Waals surface area contributed by atoms with E-state index < -0.39 is 0 Å². The summed E-state index contributed by atoms with van der Waals surface area (Å²) in [6, 6.07) is 0. The molecule has 0 saturated heterocycles. The van der Waals surface area contributed by atoms with Gasteiger partial charge >= 0.3 is 0 Å². The van der Waals surface area contributed by atoms with Gasteiger partial charge < -0.3 is 4.42 Å². The van der Waals surface area contributed by atoms with Crippen LogP contribution < -0.4 is 0 Å². The summed E-state index contributed by atoms with van der Waals surface area (Å²) in [5.41, 5.74) is 0.186. The Kier molecular flexibility index (Phi) is 2.90. The van der Waals surface area contributed by atoms with Crippen LogP contribution in [0.2, 0.25) is 0 Å². The fraction of sp³-hybridized carbons (Fsp3) is 0.700. The molecule has 0 amide bonds. The molecule has 0 saturated carbocycles. The molecule has 1 unspecified atom stereocenters. The Labute approximate surface area is 74.0 Å². The molecular formula is C10H17NO. The Morgan fingerprint density at radius 3 is 2.67 bits per heavy atom. The van der Waals surface area contributed by atoms with Crippen molar-refractivity contribution in [3.63, 3.8) is 0 Å². The Balaban J connectivity index is 2.80. The van der Waals surface area contributed by atoms with Crippen molar-refractivity contribution in [1.29, 1.82) is 0 Å². The quantitative estimate of drug-likeness (QED) is 0.688. The maximum Gasteiger partial charge on any atom is 0.180 e. The third kappa shape index (κ3) is 1.68. The highest BCUT2D eigenvalue weighted by atomic mass is 16.3. The molecule has 0 aromatic carbocycles. The van der Waals surface area contributed by atoms with Crippen molar-refractivity contribution in [1.82, 2.24) is 4.98 Å². The van der Waals surface area contributed by atoms with Gasteiger partial charge in [0.25, 0.3) is 0 Å². The molecule has 0 N–H and O–H groups in total. The van der Waals surface area contributed by atoms with Crippen LogP contribution >= 0.6 is 0 Å². The molecule has 12 heavy (non-hydrogen) atoms. The van der Waals surface area contributed by atoms with Crippen LogP contribution in [0.1, 0.15) is 45.8 Å². The van der Waals surface area contributed by atoms with Crippen molar-refractivity contribution >= 4 is 0 Å². The number of hydrogen-bond donors (Lipinski definition) is 0. The zero-order valence-electron chi connectivity index (χ0n) is 8.13. The molecule has 0 fully saturated rings. The van der Waals surface area contributed by atoms with Crippen LogP contribution in [0, 0.1) is 0 Å². The van der Waals surface area contributed by atoms with Crippen molar-refractivity contribution in [3.05, 3.63) is 18.4 Å². The fourth-order valence-electron chi connectivity index (χ4n) is 1.54. The highest BCUT2D eigenvalue weighted by Crippen LogP contribution is 2.31. The zero-order valence-corrected chi connectivity index (χ0v) is 8.13. The smallest absolute Gasteiger partial charge is 0.180 e. The van der Waals surface area contributed by atoms with Crippen molar-refractivity contribution in [2.45, 2.75) is 45.4 Å². The molecule has 1 atom stereocenters. The van der Waals surface area contributed by atoms with Gasteiger partial charge in [-0.1, -0.05) is 27.2 Å². The molecule has 0 spiro atoms. The molecule has 1 heterocycles. The van der Waals surface area contributed by atoms with Gasteiger partial charge in [0.15, 0.2) is 6.39 Å². The largest absolute Gasteiger partial charge is 0.448 e. The van der Waals surface area contributed by atoms with E-state index in [0.717, 1.165) is 12.2 Å². The molecule has 0 aliphatic heterocycles. The van der Waals surface area contributed by atoms with E-state index in [4.69, 9.17) is 4.42 Å². The van der Waals surface area contributed by atoms with Gasteiger partial charge in [-0.2, -0.15) is 0 Å². The zero-order chi connectivity index (χ0) is 9.03. The summed E-state index contributed by atoms with van der Waals surface area (Å²) in [4.78, 5) is 3.95. The van der Waals surface area contributed by atoms with E-state index >= 15 is 0 Å². The normalized spacial score (nSPS) is 15.9. The third-order valence-electron chi connectivity index (χ3n) is 2.61. The second-order valence-electron chi connectivity index (χ2n) is 3.53. The summed E-state index contributed by atoms with van der Waals surface area (Å²) in [5.74, 6) is 1.02. The lowest BCUT2D eigenvalue weighted by Crippen LogP contribution is -2.19. The molecular weight excluding hydrogens is 150 g/mol. The van der Waals surface area contributed by atoms with Gasteiger partial charge in [0.1, 0.15) is 5.76 Å². The lowest BCUT2D eigenvalue weighted by Gasteiger charge is -2.24. The van der Waals surface area contributed by atoms with Gasteiger partial charge in [-0.25, -0.2) is 4.98 Å². The first-order valence-corrected chi connectivity index (χ1v) is 4.62. The van der Waals surface area contributed by atoms with E-state index in [9.17, 15) is 0 Å². The highest BCUT2D eigenvalue weighted by Gasteiger charge is 2.26. The first-order chi connectivity index (χ1) is 5.73. The fourth-order valence-corrected chi connectivity index (χ4v) is 1.54. The Hall–Kier alpha value is -0.790. The van der Waals surface area contributed by atoms with E-state index in [1.165, 1.54) is 19.2 Å². The highest BCUT2D eigenvalue weighted by molar-refractivity contribution is 5.07. The van der Waals surface area contributed by atoms with Crippen molar-refractivity contribution in [2.75, 3.05) is 0 Å². The summed E-state index contributed by atoms with van der Waals surface area (Å²) < 4.78 is 5.33. The second-order valence-corrected chi connectivity index (χ2v) is 3.53. The van der Waals surface area contributed by atoms with Crippen LogP contribution in [0.3, 0.4) is 0 Å². The minimum absolute atomic E-state index is 0.186. The minimum Gasteiger partial charge on any atom is -0.448 e. The molecule has 1 aromatic rings. The second kappa shape index (κ2) is 3.74. The predicted octanol–water partition coefficient (Wildman–Crippen LogP) is 3.14. The first-order valence-electron chi connectivity index (χ1n) is 4.62. The van der Waals surface area contributed by atoms with Gasteiger partial charge in [-0.05, 0) is 12.8 Å². The summed E-state index contributed by atoms with van der Waals surface area (Å²) in [6.07, 6.45) is 6.80. The third-order valence-corrected chi connectivity index (χ3v) is 2.61. The first kappa shape index (κ1) is 9.30. The van der Waals surface area contributed by atoms with Gasteiger partial charge in [0.05, 0.1) is 6.20 Å². The van der Waals surface area contributed by atoms with Gasteiger partial charge in [-0.3, -0.25) is 0 Å². The predicted molar refractivity (Wildman–Crippen MR) is 49.1 cm³/mol. The van der Waals surface area contributed by atoms with Crippen molar-refractivity contribution in [2.24, 2.45) is 0 Å². The van der Waals surface area contributed by atoms with E-state index in [0.29, 0.717) is 0 Å². The topological polar surface area (TPSA) is 26.0 Å². The molecule has 1 rings (SSSR count). The molecule has 1 aromatic heterocycles. The molecule has 68 valence electrons. The maximum atomic E-state index is 5.33. The number of hydrogen-bond acceptors (Lipinski definition) is 2. The monoisotopic (exact) mass is 167 g/mol. The molecule has 0 aliphatic rings. The lowest BCUT2D eigenvalue weighted by atomic mass is 9.81. The van der Waals surface area contributed by atoms with E-state index in [1.54, 1.807) is 0 Å². The summed E-state index contributed by atoms with van der Waals surface area (Å²) in [7, 11) is 0. The lowest BCUT2D eigenvalue weighted by molar-refractivity contribution is 0.325. The molecule has 2 heteroatoms. The number of aromatic nitrogens is 1. The standard InChI is InChI=1S/C10H17NO/c1-4-6-10(3,5-2)9-7-11-8-12-9/h7-8H,4-6H2,1-3H3. The maximum absolute atomic E-state index is 5.33. The van der Waals surface area contributed by atoms with E-state index in [-0.39, 0.29) is 5.41 Å². The van der Waals surface area contributed by atoms with Gasteiger partial charge in [0.2, 0.25) is 0 Å². The Bertz CT molecular complexity index is 218. The molecule has 2 nitrogen and oxygen atoms in total. The average Bonchev–Trinajstić information content (AvgIpc) is 2.57. The van der Waals surface area contributed by atoms with Crippen molar-refractivity contribution < 1.29 is 4.42 Å². The number of rotatable bonds is 4. The average molecular weight is 167 g/mol. The van der Waals surface area contributed by atoms with E-state index in [1.807, 2.05) is 6.20 Å². The Morgan fingerprint density at radius 1 is 1.50 bits per heavy atom. The summed E-state index contributed by atoms with van der Waals surface area (Å²) in [6.45, 7) is 6.62. The minimum atomic E-state index is 0.186. The van der Waals surface area contributed by atoms with Crippen LogP contribution in [-0.2, 0) is 5.41 Å². The van der Waals surface area contributed by atoms with Gasteiger partial charge in [-0.15, -0.1) is 0 Å². The van der Waals surface area contributed by atoms with Crippen LogP contribution in [0.15, 0.2) is 17.0 Å². The van der Waals surface area contributed by atoms with Crippen LogP contribution in [-0.4, -0.2) is 4.98 Å². The number of nitrogens with zero attached hydrogens (tertiary/aromatic N) is 1. The van der Waals surface area contributed by atoms with Gasteiger partial charge in [0, 0.05) is 5.41 Å². The van der Waals surface area contributed by atoms with Crippen LogP contribution in [0.5, 0.6) is 0 Å². The van der Waals surface area contributed by atoms with Crippen LogP contribution in [0.25, 0.3) is 0 Å².